The smallest absolute Gasteiger partial charge is 0.328 e. The van der Waals surface area contributed by atoms with Gasteiger partial charge in [-0.25, -0.2) is 4.79 Å². The van der Waals surface area contributed by atoms with Crippen molar-refractivity contribution in [2.45, 2.75) is 38.8 Å². The van der Waals surface area contributed by atoms with Gasteiger partial charge in [0.15, 0.2) is 0 Å². The molecule has 110 valence electrons. The summed E-state index contributed by atoms with van der Waals surface area (Å²) >= 11 is 0. The number of nitrogens with one attached hydrogen (secondary N) is 2. The van der Waals surface area contributed by atoms with Crippen molar-refractivity contribution in [1.82, 2.24) is 10.6 Å². The predicted octanol–water partition coefficient (Wildman–Crippen LogP) is 0.0688. The summed E-state index contributed by atoms with van der Waals surface area (Å²) in [7, 11) is 1.32. The molecule has 2 unspecified atom stereocenters. The second-order valence-electron chi connectivity index (χ2n) is 5.08. The number of amides is 1. The molecule has 2 atom stereocenters. The molecule has 6 nitrogen and oxygen atoms in total. The van der Waals surface area contributed by atoms with Crippen LogP contribution in [0.3, 0.4) is 0 Å². The molecule has 0 aromatic heterocycles. The third-order valence-corrected chi connectivity index (χ3v) is 3.12. The second-order valence-corrected chi connectivity index (χ2v) is 5.08. The maximum Gasteiger partial charge on any atom is 0.328 e. The van der Waals surface area contributed by atoms with E-state index in [0.29, 0.717) is 6.54 Å². The minimum Gasteiger partial charge on any atom is -0.467 e. The summed E-state index contributed by atoms with van der Waals surface area (Å²) in [5.41, 5.74) is 0. The maximum absolute atomic E-state index is 11.7. The Morgan fingerprint density at radius 3 is 2.68 bits per heavy atom. The highest BCUT2D eigenvalue weighted by Gasteiger charge is 2.24. The molecule has 1 aliphatic heterocycles. The van der Waals surface area contributed by atoms with Crippen LogP contribution in [-0.4, -0.2) is 50.8 Å². The van der Waals surface area contributed by atoms with Gasteiger partial charge in [-0.1, -0.05) is 13.8 Å². The highest BCUT2D eigenvalue weighted by atomic mass is 16.5. The van der Waals surface area contributed by atoms with Crippen LogP contribution >= 0.6 is 0 Å². The molecule has 0 bridgehead atoms. The lowest BCUT2D eigenvalue weighted by molar-refractivity contribution is -0.146. The van der Waals surface area contributed by atoms with Gasteiger partial charge < -0.3 is 20.1 Å². The van der Waals surface area contributed by atoms with Crippen LogP contribution in [0.2, 0.25) is 0 Å². The van der Waals surface area contributed by atoms with E-state index in [2.05, 4.69) is 15.4 Å². The molecular weight excluding hydrogens is 248 g/mol. The lowest BCUT2D eigenvalue weighted by Crippen LogP contribution is -2.48. The largest absolute Gasteiger partial charge is 0.467 e. The van der Waals surface area contributed by atoms with Gasteiger partial charge in [0, 0.05) is 13.2 Å². The van der Waals surface area contributed by atoms with E-state index in [-0.39, 0.29) is 24.5 Å². The van der Waals surface area contributed by atoms with E-state index in [1.807, 2.05) is 13.8 Å². The summed E-state index contributed by atoms with van der Waals surface area (Å²) in [6.07, 6.45) is 2.32. The van der Waals surface area contributed by atoms with Gasteiger partial charge in [-0.05, 0) is 18.8 Å². The Morgan fingerprint density at radius 2 is 2.16 bits per heavy atom. The van der Waals surface area contributed by atoms with Gasteiger partial charge in [-0.2, -0.15) is 0 Å². The van der Waals surface area contributed by atoms with Gasteiger partial charge in [0.1, 0.15) is 6.04 Å². The average Bonchev–Trinajstić information content (AvgIpc) is 2.87. The molecule has 1 saturated heterocycles. The van der Waals surface area contributed by atoms with Crippen molar-refractivity contribution < 1.29 is 19.1 Å². The Morgan fingerprint density at radius 1 is 1.42 bits per heavy atom. The Bertz CT molecular complexity index is 301. The number of hydrogen-bond acceptors (Lipinski definition) is 5. The monoisotopic (exact) mass is 272 g/mol. The Labute approximate surface area is 114 Å². The third-order valence-electron chi connectivity index (χ3n) is 3.12. The number of methoxy groups -OCH3 is 1. The molecule has 0 aromatic carbocycles. The first-order valence-corrected chi connectivity index (χ1v) is 6.74. The highest BCUT2D eigenvalue weighted by Crippen LogP contribution is 2.10. The van der Waals surface area contributed by atoms with Crippen molar-refractivity contribution >= 4 is 11.9 Å². The first-order valence-electron chi connectivity index (χ1n) is 6.74. The molecule has 6 heteroatoms. The zero-order valence-corrected chi connectivity index (χ0v) is 11.9. The summed E-state index contributed by atoms with van der Waals surface area (Å²) in [5.74, 6) is -0.626. The molecule has 1 fully saturated rings. The molecular formula is C13H24N2O4. The van der Waals surface area contributed by atoms with Crippen LogP contribution in [0.15, 0.2) is 0 Å². The first-order chi connectivity index (χ1) is 9.04. The lowest BCUT2D eigenvalue weighted by atomic mass is 10.0. The first kappa shape index (κ1) is 15.9. The minimum absolute atomic E-state index is 0.00503. The molecule has 19 heavy (non-hydrogen) atoms. The van der Waals surface area contributed by atoms with Crippen LogP contribution in [0.4, 0.5) is 0 Å². The highest BCUT2D eigenvalue weighted by molar-refractivity contribution is 5.85. The van der Waals surface area contributed by atoms with Crippen molar-refractivity contribution in [3.05, 3.63) is 0 Å². The number of rotatable bonds is 7. The van der Waals surface area contributed by atoms with Crippen LogP contribution in [0.25, 0.3) is 0 Å². The van der Waals surface area contributed by atoms with Gasteiger partial charge in [0.2, 0.25) is 5.91 Å². The quantitative estimate of drug-likeness (QED) is 0.641. The number of carbonyl (C=O) groups excluding carboxylic acids is 2. The number of esters is 1. The van der Waals surface area contributed by atoms with Gasteiger partial charge in [0.05, 0.1) is 19.8 Å². The van der Waals surface area contributed by atoms with Crippen LogP contribution < -0.4 is 10.6 Å². The predicted molar refractivity (Wildman–Crippen MR) is 70.6 cm³/mol. The molecule has 0 spiro atoms. The van der Waals surface area contributed by atoms with Crippen LogP contribution in [0.5, 0.6) is 0 Å². The SMILES string of the molecule is COC(=O)C(NC(=O)CNCC1CCCO1)C(C)C. The minimum atomic E-state index is -0.595. The summed E-state index contributed by atoms with van der Waals surface area (Å²) in [6, 6.07) is -0.595. The molecule has 2 N–H and O–H groups in total. The van der Waals surface area contributed by atoms with E-state index in [4.69, 9.17) is 4.74 Å². The van der Waals surface area contributed by atoms with Gasteiger partial charge in [-0.3, -0.25) is 4.79 Å². The Hall–Kier alpha value is -1.14. The second kappa shape index (κ2) is 8.12. The fraction of sp³-hybridized carbons (Fsp3) is 0.846. The van der Waals surface area contributed by atoms with E-state index >= 15 is 0 Å². The zero-order chi connectivity index (χ0) is 14.3. The van der Waals surface area contributed by atoms with E-state index in [1.54, 1.807) is 0 Å². The van der Waals surface area contributed by atoms with Gasteiger partial charge in [-0.15, -0.1) is 0 Å². The van der Waals surface area contributed by atoms with Crippen molar-refractivity contribution in [2.75, 3.05) is 26.8 Å². The van der Waals surface area contributed by atoms with E-state index in [1.165, 1.54) is 7.11 Å². The van der Waals surface area contributed by atoms with Crippen molar-refractivity contribution in [3.63, 3.8) is 0 Å². The molecule has 0 aliphatic carbocycles. The molecule has 0 saturated carbocycles. The van der Waals surface area contributed by atoms with Crippen LogP contribution in [-0.2, 0) is 19.1 Å². The summed E-state index contributed by atoms with van der Waals surface area (Å²) in [4.78, 5) is 23.2. The molecule has 1 aliphatic rings. The van der Waals surface area contributed by atoms with Crippen LogP contribution in [0, 0.1) is 5.92 Å². The molecule has 1 rings (SSSR count). The standard InChI is InChI=1S/C13H24N2O4/c1-9(2)12(13(17)18-3)15-11(16)8-14-7-10-5-4-6-19-10/h9-10,12,14H,4-8H2,1-3H3,(H,15,16). The summed E-state index contributed by atoms with van der Waals surface area (Å²) < 4.78 is 10.1. The number of carbonyl (C=O) groups is 2. The molecule has 0 aromatic rings. The topological polar surface area (TPSA) is 76.7 Å². The number of hydrogen-bond donors (Lipinski definition) is 2. The Balaban J connectivity index is 2.25. The lowest BCUT2D eigenvalue weighted by Gasteiger charge is -2.20. The van der Waals surface area contributed by atoms with Crippen molar-refractivity contribution in [3.8, 4) is 0 Å². The fourth-order valence-electron chi connectivity index (χ4n) is 2.00. The molecule has 1 heterocycles. The maximum atomic E-state index is 11.7. The zero-order valence-electron chi connectivity index (χ0n) is 11.9. The number of ether oxygens (including phenoxy) is 2. The normalized spacial score (nSPS) is 20.3. The van der Waals surface area contributed by atoms with E-state index in [9.17, 15) is 9.59 Å². The van der Waals surface area contributed by atoms with Crippen molar-refractivity contribution in [2.24, 2.45) is 5.92 Å². The average molecular weight is 272 g/mol. The van der Waals surface area contributed by atoms with E-state index in [0.717, 1.165) is 19.4 Å². The molecule has 1 amide bonds. The van der Waals surface area contributed by atoms with Gasteiger partial charge >= 0.3 is 5.97 Å². The van der Waals surface area contributed by atoms with Crippen LogP contribution in [0.1, 0.15) is 26.7 Å². The van der Waals surface area contributed by atoms with Crippen molar-refractivity contribution in [1.29, 1.82) is 0 Å². The van der Waals surface area contributed by atoms with Gasteiger partial charge in [0.25, 0.3) is 0 Å². The Kier molecular flexibility index (Phi) is 6.80. The molecule has 0 radical (unpaired) electrons. The fourth-order valence-corrected chi connectivity index (χ4v) is 2.00. The summed E-state index contributed by atoms with van der Waals surface area (Å²) in [5, 5.41) is 5.71. The van der Waals surface area contributed by atoms with E-state index < -0.39 is 12.0 Å². The third kappa shape index (κ3) is 5.57. The summed E-state index contributed by atoms with van der Waals surface area (Å²) in [6.45, 7) is 5.37.